The van der Waals surface area contributed by atoms with Gasteiger partial charge >= 0.3 is 11.9 Å². The fourth-order valence-corrected chi connectivity index (χ4v) is 1.44. The minimum atomic E-state index is -4.16. The van der Waals surface area contributed by atoms with Crippen LogP contribution in [-0.4, -0.2) is 11.1 Å². The van der Waals surface area contributed by atoms with Crippen molar-refractivity contribution in [3.8, 4) is 0 Å². The zero-order valence-electron chi connectivity index (χ0n) is 7.10. The molecule has 0 bridgehead atoms. The quantitative estimate of drug-likeness (QED) is 0.799. The van der Waals surface area contributed by atoms with E-state index in [9.17, 15) is 13.6 Å². The van der Waals surface area contributed by atoms with E-state index in [0.29, 0.717) is 0 Å². The van der Waals surface area contributed by atoms with E-state index >= 15 is 0 Å². The number of nitrogen functional groups attached to an aromatic ring is 1. The highest BCUT2D eigenvalue weighted by molar-refractivity contribution is 6.43. The Kier molecular flexibility index (Phi) is 3.06. The van der Waals surface area contributed by atoms with E-state index in [0.717, 1.165) is 6.07 Å². The first-order valence-corrected chi connectivity index (χ1v) is 4.39. The molecule has 1 aromatic carbocycles. The number of hydrogen-bond acceptors (Lipinski definition) is 2. The van der Waals surface area contributed by atoms with Gasteiger partial charge in [-0.15, -0.1) is 0 Å². The summed E-state index contributed by atoms with van der Waals surface area (Å²) >= 11 is 11.0. The number of aliphatic carboxylic acids is 1. The van der Waals surface area contributed by atoms with Crippen LogP contribution in [0.25, 0.3) is 0 Å². The Balaban J connectivity index is 3.49. The van der Waals surface area contributed by atoms with Gasteiger partial charge in [-0.3, -0.25) is 0 Å². The van der Waals surface area contributed by atoms with Crippen LogP contribution in [0.3, 0.4) is 0 Å². The largest absolute Gasteiger partial charge is 0.477 e. The number of alkyl halides is 2. The molecule has 0 saturated carbocycles. The van der Waals surface area contributed by atoms with E-state index in [-0.39, 0.29) is 5.02 Å². The number of carboxylic acid groups (broad SMARTS) is 1. The molecule has 0 saturated heterocycles. The van der Waals surface area contributed by atoms with Gasteiger partial charge in [0.05, 0.1) is 15.6 Å². The van der Waals surface area contributed by atoms with Crippen molar-refractivity contribution < 1.29 is 18.7 Å². The first-order chi connectivity index (χ1) is 6.78. The highest BCUT2D eigenvalue weighted by Crippen LogP contribution is 2.40. The Morgan fingerprint density at radius 3 is 2.40 bits per heavy atom. The van der Waals surface area contributed by atoms with E-state index in [2.05, 4.69) is 0 Å². The second-order valence-electron chi connectivity index (χ2n) is 2.71. The highest BCUT2D eigenvalue weighted by atomic mass is 35.5. The number of anilines is 1. The van der Waals surface area contributed by atoms with Gasteiger partial charge in [0.1, 0.15) is 0 Å². The van der Waals surface area contributed by atoms with Gasteiger partial charge in [0.2, 0.25) is 0 Å². The van der Waals surface area contributed by atoms with E-state index in [1.807, 2.05) is 0 Å². The summed E-state index contributed by atoms with van der Waals surface area (Å²) in [5, 5.41) is 7.60. The molecule has 0 fully saturated rings. The van der Waals surface area contributed by atoms with Gasteiger partial charge in [-0.25, -0.2) is 4.79 Å². The molecule has 0 aliphatic rings. The lowest BCUT2D eigenvalue weighted by Crippen LogP contribution is -2.27. The Morgan fingerprint density at radius 2 is 1.93 bits per heavy atom. The minimum Gasteiger partial charge on any atom is -0.477 e. The molecule has 0 unspecified atom stereocenters. The zero-order valence-corrected chi connectivity index (χ0v) is 8.61. The van der Waals surface area contributed by atoms with E-state index in [4.69, 9.17) is 34.0 Å². The molecular formula is C8H5Cl2F2NO2. The predicted octanol–water partition coefficient (Wildman–Crippen LogP) is 2.75. The van der Waals surface area contributed by atoms with Gasteiger partial charge in [-0.2, -0.15) is 8.78 Å². The van der Waals surface area contributed by atoms with E-state index in [1.54, 1.807) is 0 Å². The molecule has 0 amide bonds. The van der Waals surface area contributed by atoms with Crippen LogP contribution in [0.5, 0.6) is 0 Å². The van der Waals surface area contributed by atoms with Crippen molar-refractivity contribution in [3.63, 3.8) is 0 Å². The number of carbonyl (C=O) groups is 1. The van der Waals surface area contributed by atoms with Gasteiger partial charge in [-0.05, 0) is 12.1 Å². The fourth-order valence-electron chi connectivity index (χ4n) is 0.992. The summed E-state index contributed by atoms with van der Waals surface area (Å²) in [5.41, 5.74) is 3.83. The lowest BCUT2D eigenvalue weighted by molar-refractivity contribution is -0.166. The highest BCUT2D eigenvalue weighted by Gasteiger charge is 2.44. The van der Waals surface area contributed by atoms with Crippen molar-refractivity contribution in [1.82, 2.24) is 0 Å². The molecule has 0 radical (unpaired) electrons. The summed E-state index contributed by atoms with van der Waals surface area (Å²) in [6.45, 7) is 0. The number of hydrogen-bond donors (Lipinski definition) is 2. The Hall–Kier alpha value is -1.07. The molecule has 0 aliphatic carbocycles. The third kappa shape index (κ3) is 1.98. The summed E-state index contributed by atoms with van der Waals surface area (Å²) in [4.78, 5) is 10.3. The average molecular weight is 256 g/mol. The summed E-state index contributed by atoms with van der Waals surface area (Å²) in [6.07, 6.45) is 0. The SMILES string of the molecule is Nc1ccc(Cl)c(Cl)c1C(F)(F)C(=O)O. The van der Waals surface area contributed by atoms with Gasteiger partial charge < -0.3 is 10.8 Å². The molecule has 0 aliphatic heterocycles. The number of nitrogens with two attached hydrogens (primary N) is 1. The number of halogens is 4. The van der Waals surface area contributed by atoms with Crippen LogP contribution in [0.1, 0.15) is 5.56 Å². The van der Waals surface area contributed by atoms with Crippen molar-refractivity contribution in [2.24, 2.45) is 0 Å². The van der Waals surface area contributed by atoms with E-state index in [1.165, 1.54) is 6.07 Å². The first-order valence-electron chi connectivity index (χ1n) is 3.63. The summed E-state index contributed by atoms with van der Waals surface area (Å²) in [5.74, 6) is -6.50. The van der Waals surface area contributed by atoms with Crippen molar-refractivity contribution >= 4 is 34.9 Å². The lowest BCUT2D eigenvalue weighted by atomic mass is 10.1. The summed E-state index contributed by atoms with van der Waals surface area (Å²) in [7, 11) is 0. The maximum Gasteiger partial charge on any atom is 0.379 e. The maximum absolute atomic E-state index is 13.2. The molecule has 3 nitrogen and oxygen atoms in total. The van der Waals surface area contributed by atoms with Gasteiger partial charge in [-0.1, -0.05) is 23.2 Å². The first kappa shape index (κ1) is 12.0. The molecule has 82 valence electrons. The third-order valence-corrected chi connectivity index (χ3v) is 2.51. The maximum atomic E-state index is 13.2. The molecule has 1 aromatic rings. The van der Waals surface area contributed by atoms with Crippen LogP contribution in [0.4, 0.5) is 14.5 Å². The molecule has 1 rings (SSSR count). The van der Waals surface area contributed by atoms with Crippen LogP contribution in [-0.2, 0) is 10.7 Å². The second-order valence-corrected chi connectivity index (χ2v) is 3.49. The number of rotatable bonds is 2. The predicted molar refractivity (Wildman–Crippen MR) is 52.4 cm³/mol. The molecule has 15 heavy (non-hydrogen) atoms. The topological polar surface area (TPSA) is 63.3 Å². The second kappa shape index (κ2) is 3.83. The van der Waals surface area contributed by atoms with E-state index < -0.39 is 28.2 Å². The molecule has 0 aromatic heterocycles. The van der Waals surface area contributed by atoms with Crippen LogP contribution in [0, 0.1) is 0 Å². The number of benzene rings is 1. The van der Waals surface area contributed by atoms with Crippen LogP contribution in [0.15, 0.2) is 12.1 Å². The molecular weight excluding hydrogens is 251 g/mol. The number of carboxylic acids is 1. The van der Waals surface area contributed by atoms with Crippen molar-refractivity contribution in [3.05, 3.63) is 27.7 Å². The lowest BCUT2D eigenvalue weighted by Gasteiger charge is -2.16. The Morgan fingerprint density at radius 1 is 1.40 bits per heavy atom. The molecule has 7 heteroatoms. The van der Waals surface area contributed by atoms with Crippen molar-refractivity contribution in [2.75, 3.05) is 5.73 Å². The van der Waals surface area contributed by atoms with Gasteiger partial charge in [0, 0.05) is 5.69 Å². The Labute approximate surface area is 93.4 Å². The summed E-state index contributed by atoms with van der Waals surface area (Å²) < 4.78 is 26.3. The smallest absolute Gasteiger partial charge is 0.379 e. The molecule has 3 N–H and O–H groups in total. The van der Waals surface area contributed by atoms with Gasteiger partial charge in [0.25, 0.3) is 0 Å². The third-order valence-electron chi connectivity index (χ3n) is 1.71. The van der Waals surface area contributed by atoms with Crippen molar-refractivity contribution in [1.29, 1.82) is 0 Å². The molecule has 0 heterocycles. The average Bonchev–Trinajstić information content (AvgIpc) is 2.11. The minimum absolute atomic E-state index is 0.179. The van der Waals surface area contributed by atoms with Crippen LogP contribution < -0.4 is 5.73 Å². The Bertz CT molecular complexity index is 423. The van der Waals surface area contributed by atoms with Crippen LogP contribution >= 0.6 is 23.2 Å². The normalized spacial score (nSPS) is 11.5. The summed E-state index contributed by atoms with van der Waals surface area (Å²) in [6, 6.07) is 2.28. The fraction of sp³-hybridized carbons (Fsp3) is 0.125. The molecule has 0 atom stereocenters. The molecule has 0 spiro atoms. The zero-order chi connectivity index (χ0) is 11.8. The van der Waals surface area contributed by atoms with Gasteiger partial charge in [0.15, 0.2) is 0 Å². The van der Waals surface area contributed by atoms with Crippen molar-refractivity contribution in [2.45, 2.75) is 5.92 Å². The van der Waals surface area contributed by atoms with Crippen LogP contribution in [0.2, 0.25) is 10.0 Å². The standard InChI is InChI=1S/C8H5Cl2F2NO2/c9-3-1-2-4(13)5(6(3)10)8(11,12)7(14)15/h1-2H,13H2,(H,14,15). The monoisotopic (exact) mass is 255 g/mol.